The zero-order valence-electron chi connectivity index (χ0n) is 19.5. The summed E-state index contributed by atoms with van der Waals surface area (Å²) in [5.41, 5.74) is 1.83. The number of esters is 1. The smallest absolute Gasteiger partial charge is 0.338 e. The van der Waals surface area contributed by atoms with E-state index in [0.717, 1.165) is 10.5 Å². The number of hydrogen-bond acceptors (Lipinski definition) is 7. The summed E-state index contributed by atoms with van der Waals surface area (Å²) in [5, 5.41) is 0.448. The molecule has 2 heterocycles. The molecule has 0 saturated carbocycles. The topological polar surface area (TPSA) is 119 Å². The van der Waals surface area contributed by atoms with Crippen molar-refractivity contribution in [2.45, 2.75) is 20.5 Å². The van der Waals surface area contributed by atoms with E-state index < -0.39 is 17.8 Å². The van der Waals surface area contributed by atoms with Crippen LogP contribution in [0.2, 0.25) is 0 Å². The number of carbonyl (C=O) groups is 3. The van der Waals surface area contributed by atoms with Gasteiger partial charge in [-0.05, 0) is 67.9 Å². The van der Waals surface area contributed by atoms with Gasteiger partial charge in [0.15, 0.2) is 0 Å². The van der Waals surface area contributed by atoms with Gasteiger partial charge < -0.3 is 14.5 Å². The van der Waals surface area contributed by atoms with Gasteiger partial charge in [-0.3, -0.25) is 14.4 Å². The first-order chi connectivity index (χ1) is 17.4. The van der Waals surface area contributed by atoms with Crippen molar-refractivity contribution >= 4 is 34.4 Å². The monoisotopic (exact) mass is 483 g/mol. The van der Waals surface area contributed by atoms with Crippen molar-refractivity contribution in [1.29, 1.82) is 0 Å². The summed E-state index contributed by atoms with van der Waals surface area (Å²) in [5.74, 6) is -0.910. The highest BCUT2D eigenvalue weighted by Crippen LogP contribution is 2.30. The predicted octanol–water partition coefficient (Wildman–Crippen LogP) is 3.79. The quantitative estimate of drug-likeness (QED) is 0.327. The molecule has 0 radical (unpaired) electrons. The van der Waals surface area contributed by atoms with Gasteiger partial charge in [0.05, 0.1) is 39.9 Å². The first-order valence-electron chi connectivity index (χ1n) is 11.3. The molecule has 4 aromatic rings. The Bertz CT molecular complexity index is 1590. The van der Waals surface area contributed by atoms with Crippen LogP contribution in [0.3, 0.4) is 0 Å². The molecule has 0 saturated heterocycles. The standard InChI is InChI=1S/C27H21N3O6/c1-3-35-18-10-8-17(9-11-18)30-25(32)19-12-7-16(13-21(19)26(30)33)27(34)36-14-22-28-23-15(2)5-4-6-20(23)24(31)29-22/h4-13H,3,14H2,1-2H3,(H,28,29,31). The first-order valence-corrected chi connectivity index (χ1v) is 11.3. The van der Waals surface area contributed by atoms with Crippen molar-refractivity contribution < 1.29 is 23.9 Å². The Morgan fingerprint density at radius 1 is 0.972 bits per heavy atom. The average Bonchev–Trinajstić information content (AvgIpc) is 3.13. The van der Waals surface area contributed by atoms with Crippen LogP contribution in [0, 0.1) is 6.92 Å². The van der Waals surface area contributed by atoms with Crippen LogP contribution in [0.5, 0.6) is 5.75 Å². The third-order valence-electron chi connectivity index (χ3n) is 5.86. The minimum absolute atomic E-state index is 0.0998. The van der Waals surface area contributed by atoms with E-state index in [1.807, 2.05) is 19.9 Å². The largest absolute Gasteiger partial charge is 0.494 e. The third-order valence-corrected chi connectivity index (χ3v) is 5.86. The fourth-order valence-corrected chi connectivity index (χ4v) is 4.10. The van der Waals surface area contributed by atoms with Gasteiger partial charge in [0.25, 0.3) is 17.4 Å². The lowest BCUT2D eigenvalue weighted by Crippen LogP contribution is -2.29. The molecule has 0 aliphatic carbocycles. The molecule has 180 valence electrons. The molecule has 0 bridgehead atoms. The second-order valence-corrected chi connectivity index (χ2v) is 8.19. The maximum atomic E-state index is 13.0. The maximum Gasteiger partial charge on any atom is 0.338 e. The number of H-pyrrole nitrogens is 1. The number of ether oxygens (including phenoxy) is 2. The van der Waals surface area contributed by atoms with E-state index in [2.05, 4.69) is 9.97 Å². The number of para-hydroxylation sites is 1. The molecule has 1 N–H and O–H groups in total. The number of imide groups is 1. The Morgan fingerprint density at radius 2 is 1.72 bits per heavy atom. The number of rotatable bonds is 6. The van der Waals surface area contributed by atoms with Gasteiger partial charge in [0.1, 0.15) is 18.2 Å². The number of nitrogens with zero attached hydrogens (tertiary/aromatic N) is 2. The minimum atomic E-state index is -0.718. The van der Waals surface area contributed by atoms with Crippen LogP contribution in [-0.4, -0.2) is 34.4 Å². The summed E-state index contributed by atoms with van der Waals surface area (Å²) in [4.78, 5) is 59.0. The lowest BCUT2D eigenvalue weighted by Gasteiger charge is -2.14. The summed E-state index contributed by atoms with van der Waals surface area (Å²) in [7, 11) is 0. The van der Waals surface area contributed by atoms with Crippen molar-refractivity contribution in [3.8, 4) is 5.75 Å². The zero-order chi connectivity index (χ0) is 25.4. The maximum absolute atomic E-state index is 13.0. The second-order valence-electron chi connectivity index (χ2n) is 8.19. The molecular weight excluding hydrogens is 462 g/mol. The fourth-order valence-electron chi connectivity index (χ4n) is 4.10. The SMILES string of the molecule is CCOc1ccc(N2C(=O)c3ccc(C(=O)OCc4nc5c(C)cccc5c(=O)[nH]4)cc3C2=O)cc1. The van der Waals surface area contributed by atoms with Gasteiger partial charge in [-0.2, -0.15) is 0 Å². The highest BCUT2D eigenvalue weighted by atomic mass is 16.5. The number of fused-ring (bicyclic) bond motifs is 2. The highest BCUT2D eigenvalue weighted by molar-refractivity contribution is 6.34. The van der Waals surface area contributed by atoms with E-state index >= 15 is 0 Å². The molecule has 0 unspecified atom stereocenters. The molecule has 0 atom stereocenters. The number of aromatic nitrogens is 2. The summed E-state index contributed by atoms with van der Waals surface area (Å²) in [6, 6.07) is 16.1. The van der Waals surface area contributed by atoms with E-state index in [1.54, 1.807) is 36.4 Å². The van der Waals surface area contributed by atoms with Gasteiger partial charge >= 0.3 is 5.97 Å². The lowest BCUT2D eigenvalue weighted by atomic mass is 10.1. The van der Waals surface area contributed by atoms with Gasteiger partial charge in [0, 0.05) is 0 Å². The number of amides is 2. The van der Waals surface area contributed by atoms with Gasteiger partial charge in [-0.25, -0.2) is 14.7 Å². The number of anilines is 1. The Morgan fingerprint density at radius 3 is 2.47 bits per heavy atom. The zero-order valence-corrected chi connectivity index (χ0v) is 19.5. The normalized spacial score (nSPS) is 12.7. The predicted molar refractivity (Wildman–Crippen MR) is 131 cm³/mol. The number of benzene rings is 3. The molecule has 1 aromatic heterocycles. The van der Waals surface area contributed by atoms with Crippen LogP contribution in [0.4, 0.5) is 5.69 Å². The van der Waals surface area contributed by atoms with Crippen molar-refractivity contribution in [2.75, 3.05) is 11.5 Å². The van der Waals surface area contributed by atoms with Gasteiger partial charge in [-0.15, -0.1) is 0 Å². The van der Waals surface area contributed by atoms with Crippen molar-refractivity contribution in [1.82, 2.24) is 9.97 Å². The fraction of sp³-hybridized carbons (Fsp3) is 0.148. The van der Waals surface area contributed by atoms with Gasteiger partial charge in [0.2, 0.25) is 0 Å². The summed E-state index contributed by atoms with van der Waals surface area (Å²) in [6.07, 6.45) is 0. The number of nitrogens with one attached hydrogen (secondary N) is 1. The Kier molecular flexibility index (Phi) is 5.81. The molecule has 1 aliphatic rings. The van der Waals surface area contributed by atoms with Crippen molar-refractivity contribution in [3.63, 3.8) is 0 Å². The lowest BCUT2D eigenvalue weighted by molar-refractivity contribution is 0.0462. The van der Waals surface area contributed by atoms with E-state index in [9.17, 15) is 19.2 Å². The second kappa shape index (κ2) is 9.10. The summed E-state index contributed by atoms with van der Waals surface area (Å²) < 4.78 is 10.7. The molecular formula is C27H21N3O6. The van der Waals surface area contributed by atoms with Gasteiger partial charge in [-0.1, -0.05) is 12.1 Å². The molecule has 3 aromatic carbocycles. The van der Waals surface area contributed by atoms with E-state index in [1.165, 1.54) is 18.2 Å². The first kappa shape index (κ1) is 23.0. The average molecular weight is 483 g/mol. The molecule has 0 spiro atoms. The van der Waals surface area contributed by atoms with Crippen LogP contribution in [0.1, 0.15) is 49.4 Å². The Labute approximate surface area is 205 Å². The van der Waals surface area contributed by atoms with E-state index in [-0.39, 0.29) is 34.7 Å². The van der Waals surface area contributed by atoms with Crippen LogP contribution in [0.25, 0.3) is 10.9 Å². The Hall–Kier alpha value is -4.79. The molecule has 1 aliphatic heterocycles. The summed E-state index contributed by atoms with van der Waals surface area (Å²) >= 11 is 0. The third kappa shape index (κ3) is 4.00. The summed E-state index contributed by atoms with van der Waals surface area (Å²) in [6.45, 7) is 3.93. The van der Waals surface area contributed by atoms with E-state index in [0.29, 0.717) is 28.9 Å². The number of aryl methyl sites for hydroxylation is 1. The molecule has 2 amide bonds. The molecule has 5 rings (SSSR count). The van der Waals surface area contributed by atoms with Crippen LogP contribution >= 0.6 is 0 Å². The number of carbonyl (C=O) groups excluding carboxylic acids is 3. The van der Waals surface area contributed by atoms with Crippen LogP contribution in [0.15, 0.2) is 65.5 Å². The molecule has 0 fully saturated rings. The van der Waals surface area contributed by atoms with E-state index in [4.69, 9.17) is 9.47 Å². The van der Waals surface area contributed by atoms with Crippen LogP contribution in [-0.2, 0) is 11.3 Å². The Balaban J connectivity index is 1.35. The molecule has 9 heteroatoms. The molecule has 9 nitrogen and oxygen atoms in total. The van der Waals surface area contributed by atoms with Crippen molar-refractivity contribution in [3.05, 3.63) is 99.1 Å². The minimum Gasteiger partial charge on any atom is -0.494 e. The number of aromatic amines is 1. The number of hydrogen-bond donors (Lipinski definition) is 1. The van der Waals surface area contributed by atoms with Crippen molar-refractivity contribution in [2.24, 2.45) is 0 Å². The molecule has 36 heavy (non-hydrogen) atoms. The van der Waals surface area contributed by atoms with Crippen LogP contribution < -0.4 is 15.2 Å². The highest BCUT2D eigenvalue weighted by Gasteiger charge is 2.37.